The Balaban J connectivity index is 1.83. The van der Waals surface area contributed by atoms with E-state index in [2.05, 4.69) is 5.32 Å². The van der Waals surface area contributed by atoms with Crippen molar-refractivity contribution in [1.82, 2.24) is 10.2 Å². The van der Waals surface area contributed by atoms with Crippen molar-refractivity contribution < 1.29 is 18.0 Å². The molecule has 4 aromatic rings. The van der Waals surface area contributed by atoms with Crippen LogP contribution in [0.4, 0.5) is 5.69 Å². The van der Waals surface area contributed by atoms with Gasteiger partial charge in [-0.1, -0.05) is 88.9 Å². The maximum atomic E-state index is 14.5. The van der Waals surface area contributed by atoms with Gasteiger partial charge < -0.3 is 10.2 Å². The third-order valence-corrected chi connectivity index (χ3v) is 9.90. The van der Waals surface area contributed by atoms with Crippen LogP contribution in [-0.2, 0) is 32.6 Å². The van der Waals surface area contributed by atoms with Crippen molar-refractivity contribution in [1.29, 1.82) is 0 Å². The van der Waals surface area contributed by atoms with Gasteiger partial charge in [-0.15, -0.1) is 0 Å². The number of carbonyl (C=O) groups is 2. The first-order chi connectivity index (χ1) is 21.6. The zero-order valence-electron chi connectivity index (χ0n) is 25.4. The van der Waals surface area contributed by atoms with Crippen LogP contribution in [-0.4, -0.2) is 43.3 Å². The minimum Gasteiger partial charge on any atom is -0.350 e. The van der Waals surface area contributed by atoms with Crippen molar-refractivity contribution in [3.05, 3.63) is 128 Å². The van der Waals surface area contributed by atoms with Crippen molar-refractivity contribution in [2.45, 2.75) is 50.2 Å². The van der Waals surface area contributed by atoms with Crippen LogP contribution >= 0.6 is 46.4 Å². The van der Waals surface area contributed by atoms with Crippen LogP contribution in [0.15, 0.2) is 102 Å². The van der Waals surface area contributed by atoms with E-state index in [1.807, 2.05) is 51.1 Å². The monoisotopic (exact) mass is 719 g/mol. The normalized spacial score (nSPS) is 12.3. The van der Waals surface area contributed by atoms with E-state index < -0.39 is 40.0 Å². The van der Waals surface area contributed by atoms with Gasteiger partial charge in [-0.25, -0.2) is 8.42 Å². The lowest BCUT2D eigenvalue weighted by molar-refractivity contribution is -0.140. The quantitative estimate of drug-likeness (QED) is 0.170. The summed E-state index contributed by atoms with van der Waals surface area (Å²) in [6, 6.07) is 25.0. The predicted molar refractivity (Wildman–Crippen MR) is 186 cm³/mol. The number of benzene rings is 4. The Kier molecular flexibility index (Phi) is 11.7. The first-order valence-corrected chi connectivity index (χ1v) is 17.2. The van der Waals surface area contributed by atoms with Gasteiger partial charge in [0.15, 0.2) is 0 Å². The highest BCUT2D eigenvalue weighted by molar-refractivity contribution is 7.92. The molecule has 0 aliphatic rings. The molecular formula is C34H33Cl4N3O4S. The van der Waals surface area contributed by atoms with Crippen LogP contribution < -0.4 is 9.62 Å². The van der Waals surface area contributed by atoms with E-state index in [0.717, 1.165) is 9.87 Å². The smallest absolute Gasteiger partial charge is 0.264 e. The lowest BCUT2D eigenvalue weighted by atomic mass is 10.0. The molecule has 0 aliphatic heterocycles. The molecule has 0 heterocycles. The van der Waals surface area contributed by atoms with Crippen LogP contribution in [0, 0.1) is 0 Å². The van der Waals surface area contributed by atoms with Gasteiger partial charge in [-0.2, -0.15) is 0 Å². The highest BCUT2D eigenvalue weighted by Crippen LogP contribution is 2.29. The second kappa shape index (κ2) is 15.1. The second-order valence-electron chi connectivity index (χ2n) is 11.7. The molecule has 0 aliphatic carbocycles. The Morgan fingerprint density at radius 3 is 2.04 bits per heavy atom. The first-order valence-electron chi connectivity index (χ1n) is 14.3. The number of sulfonamides is 1. The SMILES string of the molecule is CC(C)(C)NC(=O)[C@H](Cc1ccccc1)N(Cc1ccc(Cl)c(Cl)c1)C(=O)CN(c1cccc(Cl)c1)S(=O)(=O)c1ccc(Cl)cc1. The van der Waals surface area contributed by atoms with E-state index in [9.17, 15) is 18.0 Å². The number of hydrogen-bond acceptors (Lipinski definition) is 4. The van der Waals surface area contributed by atoms with Crippen molar-refractivity contribution >= 4 is 73.9 Å². The summed E-state index contributed by atoms with van der Waals surface area (Å²) in [7, 11) is -4.31. The van der Waals surface area contributed by atoms with Crippen molar-refractivity contribution in [2.24, 2.45) is 0 Å². The van der Waals surface area contributed by atoms with Gasteiger partial charge in [-0.3, -0.25) is 13.9 Å². The minimum atomic E-state index is -4.31. The number of rotatable bonds is 11. The van der Waals surface area contributed by atoms with Crippen LogP contribution in [0.5, 0.6) is 0 Å². The topological polar surface area (TPSA) is 86.8 Å². The summed E-state index contributed by atoms with van der Waals surface area (Å²) in [4.78, 5) is 29.8. The number of amides is 2. The molecule has 1 atom stereocenters. The Morgan fingerprint density at radius 2 is 1.43 bits per heavy atom. The second-order valence-corrected chi connectivity index (χ2v) is 15.2. The molecule has 0 radical (unpaired) electrons. The fourth-order valence-electron chi connectivity index (χ4n) is 4.74. The Labute approximate surface area is 290 Å². The summed E-state index contributed by atoms with van der Waals surface area (Å²) in [5, 5.41) is 4.23. The van der Waals surface area contributed by atoms with Crippen LogP contribution in [0.2, 0.25) is 20.1 Å². The average molecular weight is 722 g/mol. The van der Waals surface area contributed by atoms with E-state index >= 15 is 0 Å². The fraction of sp³-hybridized carbons (Fsp3) is 0.235. The van der Waals surface area contributed by atoms with E-state index in [-0.39, 0.29) is 33.6 Å². The van der Waals surface area contributed by atoms with Gasteiger partial charge >= 0.3 is 0 Å². The molecule has 0 saturated heterocycles. The van der Waals surface area contributed by atoms with E-state index in [1.54, 1.807) is 36.4 Å². The number of nitrogens with zero attached hydrogens (tertiary/aromatic N) is 2. The number of hydrogen-bond donors (Lipinski definition) is 1. The molecule has 46 heavy (non-hydrogen) atoms. The summed E-state index contributed by atoms with van der Waals surface area (Å²) in [6.45, 7) is 4.83. The Hall–Kier alpha value is -3.27. The predicted octanol–water partition coefficient (Wildman–Crippen LogP) is 8.05. The highest BCUT2D eigenvalue weighted by atomic mass is 35.5. The number of halogens is 4. The van der Waals surface area contributed by atoms with Gasteiger partial charge in [0.1, 0.15) is 12.6 Å². The molecule has 0 unspecified atom stereocenters. The molecule has 0 spiro atoms. The van der Waals surface area contributed by atoms with Crippen LogP contribution in [0.25, 0.3) is 0 Å². The van der Waals surface area contributed by atoms with E-state index in [0.29, 0.717) is 15.6 Å². The molecule has 1 N–H and O–H groups in total. The first kappa shape index (κ1) is 35.6. The summed E-state index contributed by atoms with van der Waals surface area (Å²) in [5.41, 5.74) is 0.960. The van der Waals surface area contributed by atoms with Crippen LogP contribution in [0.1, 0.15) is 31.9 Å². The number of nitrogens with one attached hydrogen (secondary N) is 1. The maximum absolute atomic E-state index is 14.5. The maximum Gasteiger partial charge on any atom is 0.264 e. The zero-order valence-corrected chi connectivity index (χ0v) is 29.2. The molecule has 0 saturated carbocycles. The zero-order chi connectivity index (χ0) is 33.6. The van der Waals surface area contributed by atoms with Gasteiger partial charge in [-0.05, 0) is 86.5 Å². The molecule has 4 aromatic carbocycles. The largest absolute Gasteiger partial charge is 0.350 e. The van der Waals surface area contributed by atoms with Gasteiger partial charge in [0, 0.05) is 28.5 Å². The van der Waals surface area contributed by atoms with Gasteiger partial charge in [0.05, 0.1) is 20.6 Å². The molecule has 7 nitrogen and oxygen atoms in total. The lowest BCUT2D eigenvalue weighted by Crippen LogP contribution is -2.56. The molecule has 2 amide bonds. The molecular weight excluding hydrogens is 688 g/mol. The van der Waals surface area contributed by atoms with Gasteiger partial charge in [0.25, 0.3) is 10.0 Å². The summed E-state index contributed by atoms with van der Waals surface area (Å²) >= 11 is 24.8. The standard InChI is InChI=1S/C34H33Cl4N3O4S/c1-34(2,3)39-33(43)31(19-23-8-5-4-6-9-23)40(21-24-12-17-29(37)30(38)18-24)32(42)22-41(27-11-7-10-26(36)20-27)46(44,45)28-15-13-25(35)14-16-28/h4-18,20,31H,19,21-22H2,1-3H3,(H,39,43)/t31-/m0/s1. The third kappa shape index (κ3) is 9.39. The number of anilines is 1. The molecule has 0 aromatic heterocycles. The van der Waals surface area contributed by atoms with Crippen LogP contribution in [0.3, 0.4) is 0 Å². The third-order valence-electron chi connectivity index (χ3n) is 6.88. The Morgan fingerprint density at radius 1 is 0.761 bits per heavy atom. The Bertz CT molecular complexity index is 1800. The van der Waals surface area contributed by atoms with Crippen molar-refractivity contribution in [3.63, 3.8) is 0 Å². The van der Waals surface area contributed by atoms with Gasteiger partial charge in [0.2, 0.25) is 11.8 Å². The minimum absolute atomic E-state index is 0.0604. The fourth-order valence-corrected chi connectivity index (χ4v) is 6.77. The molecule has 0 bridgehead atoms. The van der Waals surface area contributed by atoms with E-state index in [4.69, 9.17) is 46.4 Å². The summed E-state index contributed by atoms with van der Waals surface area (Å²) in [6.07, 6.45) is 0.164. The average Bonchev–Trinajstić information content (AvgIpc) is 2.99. The molecule has 0 fully saturated rings. The molecule has 12 heteroatoms. The summed E-state index contributed by atoms with van der Waals surface area (Å²) < 4.78 is 29.2. The molecule has 4 rings (SSSR count). The number of carbonyl (C=O) groups excluding carboxylic acids is 2. The molecule has 242 valence electrons. The van der Waals surface area contributed by atoms with E-state index in [1.165, 1.54) is 35.2 Å². The van der Waals surface area contributed by atoms with Crippen molar-refractivity contribution in [2.75, 3.05) is 10.8 Å². The lowest BCUT2D eigenvalue weighted by Gasteiger charge is -2.35. The summed E-state index contributed by atoms with van der Waals surface area (Å²) in [5.74, 6) is -1.03. The van der Waals surface area contributed by atoms with Crippen molar-refractivity contribution in [3.8, 4) is 0 Å². The highest BCUT2D eigenvalue weighted by Gasteiger charge is 2.35.